The number of nitrogens with two attached hydrogens (primary N) is 1. The van der Waals surface area contributed by atoms with Crippen molar-refractivity contribution in [3.05, 3.63) is 126 Å². The highest BCUT2D eigenvalue weighted by atomic mass is 32.2. The second kappa shape index (κ2) is 9.14. The topological polar surface area (TPSA) is 53.3 Å². The summed E-state index contributed by atoms with van der Waals surface area (Å²) in [7, 11) is 0. The largest absolute Gasteiger partial charge is 0.397 e. The number of nitrogens with zero attached hydrogens (tertiary/aromatic N) is 1. The Hall–Kier alpha value is -4.35. The van der Waals surface area contributed by atoms with Crippen molar-refractivity contribution < 1.29 is 0 Å². The molecule has 4 N–H and O–H groups in total. The summed E-state index contributed by atoms with van der Waals surface area (Å²) in [5.74, 6) is 0. The zero-order valence-electron chi connectivity index (χ0n) is 22.0. The summed E-state index contributed by atoms with van der Waals surface area (Å²) >= 11 is 1.83. The zero-order chi connectivity index (χ0) is 26.6. The van der Waals surface area contributed by atoms with Gasteiger partial charge in [-0.1, -0.05) is 80.2 Å². The van der Waals surface area contributed by atoms with E-state index in [-0.39, 0.29) is 10.9 Å². The van der Waals surface area contributed by atoms with E-state index in [0.29, 0.717) is 0 Å². The molecule has 0 spiro atoms. The number of para-hydroxylation sites is 2. The lowest BCUT2D eigenvalue weighted by Crippen LogP contribution is -2.28. The Labute approximate surface area is 233 Å². The van der Waals surface area contributed by atoms with E-state index in [2.05, 4.69) is 126 Å². The third-order valence-corrected chi connectivity index (χ3v) is 8.91. The molecular formula is C34H30N4S. The molecule has 1 aliphatic carbocycles. The molecule has 5 aromatic carbocycles. The molecule has 5 aromatic rings. The number of benzene rings is 5. The number of hydrogen-bond donors (Lipinski definition) is 3. The van der Waals surface area contributed by atoms with Crippen molar-refractivity contribution in [2.75, 3.05) is 21.3 Å². The molecule has 1 unspecified atom stereocenters. The first-order valence-corrected chi connectivity index (χ1v) is 14.1. The molecule has 192 valence electrons. The minimum atomic E-state index is -0.173. The average Bonchev–Trinajstić information content (AvgIpc) is 3.40. The lowest BCUT2D eigenvalue weighted by Gasteiger charge is -2.28. The third kappa shape index (κ3) is 4.01. The summed E-state index contributed by atoms with van der Waals surface area (Å²) in [5.41, 5.74) is 17.8. The van der Waals surface area contributed by atoms with E-state index in [1.165, 1.54) is 38.5 Å². The summed E-state index contributed by atoms with van der Waals surface area (Å²) < 4.78 is 0. The van der Waals surface area contributed by atoms with Crippen molar-refractivity contribution in [1.82, 2.24) is 0 Å². The SMILES string of the molecule is CC1(C)c2cc(Nc3ccccc3)c(N)cc2-c2cc3c(cc21)N(c1ccccc1)C(Sc1ccccc1)N3. The summed E-state index contributed by atoms with van der Waals surface area (Å²) in [4.78, 5) is 3.65. The molecule has 2 aliphatic rings. The van der Waals surface area contributed by atoms with Crippen LogP contribution in [0.5, 0.6) is 0 Å². The molecule has 0 aromatic heterocycles. The van der Waals surface area contributed by atoms with Gasteiger partial charge in [0.05, 0.1) is 22.7 Å². The molecule has 0 radical (unpaired) electrons. The van der Waals surface area contributed by atoms with Crippen LogP contribution in [0.15, 0.2) is 120 Å². The van der Waals surface area contributed by atoms with E-state index in [1.807, 2.05) is 30.0 Å². The summed E-state index contributed by atoms with van der Waals surface area (Å²) in [6.45, 7) is 4.63. The van der Waals surface area contributed by atoms with Crippen LogP contribution in [0.25, 0.3) is 11.1 Å². The summed E-state index contributed by atoms with van der Waals surface area (Å²) in [6.07, 6.45) is 0. The normalized spacial score (nSPS) is 16.3. The van der Waals surface area contributed by atoms with E-state index in [0.717, 1.165) is 22.7 Å². The van der Waals surface area contributed by atoms with Gasteiger partial charge in [0.1, 0.15) is 0 Å². The minimum absolute atomic E-state index is 0.0393. The summed E-state index contributed by atoms with van der Waals surface area (Å²) in [6, 6.07) is 40.5. The number of fused-ring (bicyclic) bond motifs is 4. The van der Waals surface area contributed by atoms with E-state index >= 15 is 0 Å². The molecule has 1 atom stereocenters. The van der Waals surface area contributed by atoms with Crippen molar-refractivity contribution in [2.45, 2.75) is 29.7 Å². The molecule has 1 heterocycles. The van der Waals surface area contributed by atoms with Gasteiger partial charge in [0, 0.05) is 21.7 Å². The monoisotopic (exact) mass is 526 g/mol. The summed E-state index contributed by atoms with van der Waals surface area (Å²) in [5, 5.41) is 7.34. The quantitative estimate of drug-likeness (QED) is 0.200. The van der Waals surface area contributed by atoms with Gasteiger partial charge in [-0.05, 0) is 82.9 Å². The van der Waals surface area contributed by atoms with Crippen LogP contribution in [0.2, 0.25) is 0 Å². The van der Waals surface area contributed by atoms with Crippen molar-refractivity contribution in [3.8, 4) is 11.1 Å². The minimum Gasteiger partial charge on any atom is -0.397 e. The molecule has 0 bridgehead atoms. The maximum Gasteiger partial charge on any atom is 0.157 e. The van der Waals surface area contributed by atoms with Crippen LogP contribution in [0.1, 0.15) is 25.0 Å². The van der Waals surface area contributed by atoms with Gasteiger partial charge >= 0.3 is 0 Å². The van der Waals surface area contributed by atoms with Gasteiger partial charge in [-0.15, -0.1) is 0 Å². The predicted octanol–water partition coefficient (Wildman–Crippen LogP) is 8.96. The van der Waals surface area contributed by atoms with Crippen molar-refractivity contribution in [2.24, 2.45) is 0 Å². The van der Waals surface area contributed by atoms with E-state index in [4.69, 9.17) is 5.73 Å². The highest BCUT2D eigenvalue weighted by Crippen LogP contribution is 2.56. The van der Waals surface area contributed by atoms with Crippen molar-refractivity contribution in [3.63, 3.8) is 0 Å². The van der Waals surface area contributed by atoms with Crippen molar-refractivity contribution >= 4 is 45.9 Å². The van der Waals surface area contributed by atoms with Gasteiger partial charge in [0.2, 0.25) is 0 Å². The Morgan fingerprint density at radius 3 is 2.10 bits per heavy atom. The zero-order valence-corrected chi connectivity index (χ0v) is 22.8. The van der Waals surface area contributed by atoms with Crippen LogP contribution in [0, 0.1) is 0 Å². The predicted molar refractivity (Wildman–Crippen MR) is 166 cm³/mol. The Kier molecular flexibility index (Phi) is 5.56. The van der Waals surface area contributed by atoms with Gasteiger partial charge in [0.15, 0.2) is 5.50 Å². The van der Waals surface area contributed by atoms with Gasteiger partial charge in [-0.2, -0.15) is 0 Å². The van der Waals surface area contributed by atoms with Crippen LogP contribution >= 0.6 is 11.8 Å². The first-order chi connectivity index (χ1) is 19.0. The number of hydrogen-bond acceptors (Lipinski definition) is 5. The van der Waals surface area contributed by atoms with E-state index in [9.17, 15) is 0 Å². The number of rotatable bonds is 5. The fraction of sp³-hybridized carbons (Fsp3) is 0.118. The first kappa shape index (κ1) is 23.7. The van der Waals surface area contributed by atoms with Crippen LogP contribution in [0.4, 0.5) is 34.1 Å². The molecule has 0 amide bonds. The van der Waals surface area contributed by atoms with Crippen LogP contribution in [0.3, 0.4) is 0 Å². The maximum absolute atomic E-state index is 6.62. The maximum atomic E-state index is 6.62. The molecule has 0 fully saturated rings. The van der Waals surface area contributed by atoms with Gasteiger partial charge in [-0.3, -0.25) is 0 Å². The van der Waals surface area contributed by atoms with E-state index in [1.54, 1.807) is 0 Å². The molecule has 0 saturated heterocycles. The third-order valence-electron chi connectivity index (χ3n) is 7.81. The van der Waals surface area contributed by atoms with Crippen molar-refractivity contribution in [1.29, 1.82) is 0 Å². The van der Waals surface area contributed by atoms with Gasteiger partial charge in [0.25, 0.3) is 0 Å². The molecule has 5 heteroatoms. The number of nitrogen functional groups attached to an aromatic ring is 1. The Morgan fingerprint density at radius 1 is 0.769 bits per heavy atom. The molecule has 0 saturated carbocycles. The van der Waals surface area contributed by atoms with Crippen LogP contribution in [-0.2, 0) is 5.41 Å². The fourth-order valence-electron chi connectivity index (χ4n) is 5.83. The number of nitrogens with one attached hydrogen (secondary N) is 2. The average molecular weight is 527 g/mol. The number of anilines is 6. The Balaban J connectivity index is 1.32. The first-order valence-electron chi connectivity index (χ1n) is 13.3. The standard InChI is InChI=1S/C34H30N4S/c1-34(2)27-20-30(36-22-12-6-3-7-13-22)29(35)18-25(27)26-19-31-32(21-28(26)34)38(23-14-8-4-9-15-23)33(37-31)39-24-16-10-5-11-17-24/h3-21,33,36-37H,35H2,1-2H3. The Morgan fingerprint density at radius 2 is 1.38 bits per heavy atom. The molecule has 4 nitrogen and oxygen atoms in total. The lowest BCUT2D eigenvalue weighted by molar-refractivity contribution is 0.661. The molecule has 39 heavy (non-hydrogen) atoms. The Bertz CT molecular complexity index is 1670. The number of thioether (sulfide) groups is 1. The highest BCUT2D eigenvalue weighted by molar-refractivity contribution is 8.00. The molecule has 1 aliphatic heterocycles. The molecule has 7 rings (SSSR count). The highest BCUT2D eigenvalue weighted by Gasteiger charge is 2.40. The van der Waals surface area contributed by atoms with Gasteiger partial charge < -0.3 is 21.3 Å². The van der Waals surface area contributed by atoms with Gasteiger partial charge in [-0.25, -0.2) is 0 Å². The van der Waals surface area contributed by atoms with E-state index < -0.39 is 0 Å². The van der Waals surface area contributed by atoms with Crippen LogP contribution < -0.4 is 21.3 Å². The molecular weight excluding hydrogens is 496 g/mol. The lowest BCUT2D eigenvalue weighted by atomic mass is 9.82. The fourth-order valence-corrected chi connectivity index (χ4v) is 6.93. The van der Waals surface area contributed by atoms with Crippen LogP contribution in [-0.4, -0.2) is 5.50 Å². The second-order valence-corrected chi connectivity index (χ2v) is 11.8. The second-order valence-electron chi connectivity index (χ2n) is 10.6. The smallest absolute Gasteiger partial charge is 0.157 e.